The lowest BCUT2D eigenvalue weighted by Crippen LogP contribution is -2.54. The fraction of sp³-hybridized carbons (Fsp3) is 0.471. The van der Waals surface area contributed by atoms with Gasteiger partial charge in [-0.15, -0.1) is 0 Å². The summed E-state index contributed by atoms with van der Waals surface area (Å²) < 4.78 is 7.53. The molecule has 6 nitrogen and oxygen atoms in total. The van der Waals surface area contributed by atoms with Crippen LogP contribution in [-0.2, 0) is 4.74 Å². The largest absolute Gasteiger partial charge is 0.374 e. The number of hydrogen-bond donors (Lipinski definition) is 0. The van der Waals surface area contributed by atoms with Crippen LogP contribution in [0.1, 0.15) is 36.0 Å². The molecule has 2 atom stereocenters. The van der Waals surface area contributed by atoms with Crippen molar-refractivity contribution in [2.45, 2.75) is 37.8 Å². The van der Waals surface area contributed by atoms with Gasteiger partial charge in [0.1, 0.15) is 12.7 Å². The Labute approximate surface area is 135 Å². The van der Waals surface area contributed by atoms with Crippen molar-refractivity contribution in [1.29, 1.82) is 0 Å². The third kappa shape index (κ3) is 2.74. The van der Waals surface area contributed by atoms with E-state index in [1.54, 1.807) is 11.0 Å². The van der Waals surface area contributed by atoms with E-state index in [1.165, 1.54) is 19.2 Å². The number of benzene rings is 1. The topological polar surface area (TPSA) is 60.2 Å². The Kier molecular flexibility index (Phi) is 3.83. The molecule has 4 rings (SSSR count). The summed E-state index contributed by atoms with van der Waals surface area (Å²) in [5, 5.41) is 4.10. The Balaban J connectivity index is 1.54. The van der Waals surface area contributed by atoms with Gasteiger partial charge in [-0.3, -0.25) is 4.79 Å². The molecular weight excluding hydrogens is 292 g/mol. The number of nitrogens with zero attached hydrogens (tertiary/aromatic N) is 4. The number of fused-ring (bicyclic) bond motifs is 1. The average Bonchev–Trinajstić information content (AvgIpc) is 3.15. The summed E-state index contributed by atoms with van der Waals surface area (Å²) in [6.07, 6.45) is 7.86. The molecule has 1 aromatic carbocycles. The Hall–Kier alpha value is -2.21. The fourth-order valence-corrected chi connectivity index (χ4v) is 3.61. The lowest BCUT2D eigenvalue weighted by Gasteiger charge is -2.43. The molecule has 0 spiro atoms. The number of aromatic nitrogens is 3. The highest BCUT2D eigenvalue weighted by molar-refractivity contribution is 5.94. The molecule has 2 aromatic rings. The molecule has 2 aliphatic rings. The van der Waals surface area contributed by atoms with Crippen molar-refractivity contribution in [3.05, 3.63) is 42.5 Å². The summed E-state index contributed by atoms with van der Waals surface area (Å²) in [4.78, 5) is 18.8. The number of rotatable bonds is 2. The maximum Gasteiger partial charge on any atom is 0.254 e. The van der Waals surface area contributed by atoms with Gasteiger partial charge >= 0.3 is 0 Å². The van der Waals surface area contributed by atoms with Gasteiger partial charge in [0.05, 0.1) is 24.4 Å². The molecule has 1 saturated heterocycles. The minimum absolute atomic E-state index is 0.107. The number of carbonyl (C=O) groups is 1. The monoisotopic (exact) mass is 312 g/mol. The summed E-state index contributed by atoms with van der Waals surface area (Å²) in [5.41, 5.74) is 1.62. The van der Waals surface area contributed by atoms with Crippen molar-refractivity contribution in [3.8, 4) is 5.69 Å². The van der Waals surface area contributed by atoms with Gasteiger partial charge in [0.25, 0.3) is 5.91 Å². The van der Waals surface area contributed by atoms with Crippen molar-refractivity contribution in [2.75, 3.05) is 13.2 Å². The van der Waals surface area contributed by atoms with Crippen molar-refractivity contribution >= 4 is 5.91 Å². The zero-order chi connectivity index (χ0) is 15.6. The van der Waals surface area contributed by atoms with Gasteiger partial charge in [-0.05, 0) is 37.1 Å². The minimum atomic E-state index is 0.107. The molecule has 23 heavy (non-hydrogen) atoms. The van der Waals surface area contributed by atoms with Gasteiger partial charge in [-0.25, -0.2) is 9.67 Å². The van der Waals surface area contributed by atoms with E-state index in [0.717, 1.165) is 24.1 Å². The molecular formula is C17H20N4O2. The normalized spacial score (nSPS) is 24.3. The molecule has 1 aliphatic heterocycles. The van der Waals surface area contributed by atoms with Crippen LogP contribution in [-0.4, -0.2) is 50.9 Å². The fourth-order valence-electron chi connectivity index (χ4n) is 3.61. The Bertz CT molecular complexity index is 666. The van der Waals surface area contributed by atoms with Crippen LogP contribution < -0.4 is 0 Å². The predicted octanol–water partition coefficient (Wildman–Crippen LogP) is 2.05. The molecule has 1 saturated carbocycles. The highest BCUT2D eigenvalue weighted by Crippen LogP contribution is 2.29. The van der Waals surface area contributed by atoms with E-state index in [-0.39, 0.29) is 18.1 Å². The number of hydrogen-bond acceptors (Lipinski definition) is 4. The first-order valence-corrected chi connectivity index (χ1v) is 8.20. The van der Waals surface area contributed by atoms with E-state index in [9.17, 15) is 4.79 Å². The summed E-state index contributed by atoms with van der Waals surface area (Å²) in [7, 11) is 0. The van der Waals surface area contributed by atoms with E-state index in [1.807, 2.05) is 29.2 Å². The molecule has 2 fully saturated rings. The lowest BCUT2D eigenvalue weighted by molar-refractivity contribution is -0.0752. The molecule has 120 valence electrons. The number of carbonyl (C=O) groups excluding carboxylic acids is 1. The van der Waals surface area contributed by atoms with E-state index < -0.39 is 0 Å². The van der Waals surface area contributed by atoms with Crippen LogP contribution in [0.15, 0.2) is 36.9 Å². The Morgan fingerprint density at radius 1 is 1.17 bits per heavy atom. The van der Waals surface area contributed by atoms with Crippen molar-refractivity contribution in [3.63, 3.8) is 0 Å². The summed E-state index contributed by atoms with van der Waals surface area (Å²) in [6, 6.07) is 7.78. The smallest absolute Gasteiger partial charge is 0.254 e. The molecule has 6 heteroatoms. The molecule has 1 aliphatic carbocycles. The van der Waals surface area contributed by atoms with Crippen molar-refractivity contribution < 1.29 is 9.53 Å². The molecule has 1 aromatic heterocycles. The van der Waals surface area contributed by atoms with Crippen LogP contribution >= 0.6 is 0 Å². The van der Waals surface area contributed by atoms with Crippen molar-refractivity contribution in [1.82, 2.24) is 19.7 Å². The predicted molar refractivity (Wildman–Crippen MR) is 84.4 cm³/mol. The van der Waals surface area contributed by atoms with Crippen LogP contribution in [0.25, 0.3) is 5.69 Å². The third-order valence-electron chi connectivity index (χ3n) is 4.79. The first-order valence-electron chi connectivity index (χ1n) is 8.20. The van der Waals surface area contributed by atoms with Gasteiger partial charge in [0.15, 0.2) is 0 Å². The summed E-state index contributed by atoms with van der Waals surface area (Å²) in [6.45, 7) is 1.33. The van der Waals surface area contributed by atoms with Crippen LogP contribution in [0.2, 0.25) is 0 Å². The summed E-state index contributed by atoms with van der Waals surface area (Å²) >= 11 is 0. The minimum Gasteiger partial charge on any atom is -0.374 e. The molecule has 0 N–H and O–H groups in total. The highest BCUT2D eigenvalue weighted by Gasteiger charge is 2.36. The second-order valence-corrected chi connectivity index (χ2v) is 6.15. The van der Waals surface area contributed by atoms with Crippen LogP contribution in [0.4, 0.5) is 0 Å². The second kappa shape index (κ2) is 6.12. The Morgan fingerprint density at radius 2 is 2.00 bits per heavy atom. The third-order valence-corrected chi connectivity index (χ3v) is 4.79. The van der Waals surface area contributed by atoms with Gasteiger partial charge in [-0.1, -0.05) is 12.8 Å². The molecule has 0 bridgehead atoms. The molecule has 0 unspecified atom stereocenters. The zero-order valence-electron chi connectivity index (χ0n) is 13.0. The lowest BCUT2D eigenvalue weighted by atomic mass is 9.89. The highest BCUT2D eigenvalue weighted by atomic mass is 16.5. The van der Waals surface area contributed by atoms with E-state index in [2.05, 4.69) is 10.1 Å². The average molecular weight is 312 g/mol. The number of amides is 1. The first kappa shape index (κ1) is 14.4. The standard InChI is InChI=1S/C17H20N4O2/c22-17(20-9-10-23-16-4-2-1-3-15(16)20)13-5-7-14(8-6-13)21-12-18-11-19-21/h5-8,11-12,15-16H,1-4,9-10H2/t15-,16+/m1/s1. The van der Waals surface area contributed by atoms with Crippen LogP contribution in [0, 0.1) is 0 Å². The van der Waals surface area contributed by atoms with Gasteiger partial charge in [0, 0.05) is 12.1 Å². The van der Waals surface area contributed by atoms with Gasteiger partial charge < -0.3 is 9.64 Å². The van der Waals surface area contributed by atoms with Crippen molar-refractivity contribution in [2.24, 2.45) is 0 Å². The van der Waals surface area contributed by atoms with Gasteiger partial charge in [-0.2, -0.15) is 5.10 Å². The second-order valence-electron chi connectivity index (χ2n) is 6.15. The quantitative estimate of drug-likeness (QED) is 0.851. The van der Waals surface area contributed by atoms with E-state index >= 15 is 0 Å². The zero-order valence-corrected chi connectivity index (χ0v) is 13.0. The maximum absolute atomic E-state index is 12.9. The molecule has 2 heterocycles. The van der Waals surface area contributed by atoms with Gasteiger partial charge in [0.2, 0.25) is 0 Å². The van der Waals surface area contributed by atoms with Crippen LogP contribution in [0.3, 0.4) is 0 Å². The summed E-state index contributed by atoms with van der Waals surface area (Å²) in [5.74, 6) is 0.107. The first-order chi connectivity index (χ1) is 11.3. The van der Waals surface area contributed by atoms with E-state index in [4.69, 9.17) is 4.74 Å². The number of morpholine rings is 1. The molecule has 1 amide bonds. The number of ether oxygens (including phenoxy) is 1. The molecule has 0 radical (unpaired) electrons. The maximum atomic E-state index is 12.9. The van der Waals surface area contributed by atoms with Crippen LogP contribution in [0.5, 0.6) is 0 Å². The Morgan fingerprint density at radius 3 is 2.78 bits per heavy atom. The van der Waals surface area contributed by atoms with E-state index in [0.29, 0.717) is 13.2 Å². The SMILES string of the molecule is O=C(c1ccc(-n2cncn2)cc1)N1CCO[C@H]2CCCC[C@H]21.